The number of hydrogen-bond donors (Lipinski definition) is 0. The topological polar surface area (TPSA) is 42.0 Å². The maximum absolute atomic E-state index is 12.2. The van der Waals surface area contributed by atoms with Gasteiger partial charge in [0.05, 0.1) is 13.2 Å². The quantitative estimate of drug-likeness (QED) is 0.766. The fourth-order valence-corrected chi connectivity index (χ4v) is 2.67. The van der Waals surface area contributed by atoms with Gasteiger partial charge in [-0.1, -0.05) is 0 Å². The van der Waals surface area contributed by atoms with Crippen molar-refractivity contribution in [2.75, 3.05) is 39.4 Å². The van der Waals surface area contributed by atoms with Crippen LogP contribution in [0.4, 0.5) is 4.79 Å². The molecule has 0 spiro atoms. The van der Waals surface area contributed by atoms with Crippen LogP contribution in [0.15, 0.2) is 0 Å². The molecule has 5 nitrogen and oxygen atoms in total. The third-order valence-electron chi connectivity index (χ3n) is 3.58. The molecule has 0 N–H and O–H groups in total. The summed E-state index contributed by atoms with van der Waals surface area (Å²) in [6, 6.07) is 0.299. The Morgan fingerprint density at radius 2 is 1.95 bits per heavy atom. The molecule has 2 saturated heterocycles. The van der Waals surface area contributed by atoms with Gasteiger partial charge in [-0.25, -0.2) is 4.79 Å². The first-order valence-corrected chi connectivity index (χ1v) is 7.25. The second kappa shape index (κ2) is 6.09. The Morgan fingerprint density at radius 3 is 2.58 bits per heavy atom. The Hall–Kier alpha value is -0.810. The first-order valence-electron chi connectivity index (χ1n) is 7.25. The van der Waals surface area contributed by atoms with Crippen LogP contribution in [-0.4, -0.2) is 66.9 Å². The fourth-order valence-electron chi connectivity index (χ4n) is 2.67. The van der Waals surface area contributed by atoms with Gasteiger partial charge in [0.2, 0.25) is 0 Å². The Balaban J connectivity index is 1.87. The normalized spacial score (nSPS) is 25.6. The van der Waals surface area contributed by atoms with Crippen molar-refractivity contribution in [3.63, 3.8) is 0 Å². The highest BCUT2D eigenvalue weighted by Gasteiger charge is 2.33. The number of amides is 1. The zero-order valence-electron chi connectivity index (χ0n) is 12.4. The van der Waals surface area contributed by atoms with Crippen LogP contribution >= 0.6 is 0 Å². The van der Waals surface area contributed by atoms with Crippen molar-refractivity contribution in [3.8, 4) is 0 Å². The summed E-state index contributed by atoms with van der Waals surface area (Å²) in [6.45, 7) is 11.1. The van der Waals surface area contributed by atoms with E-state index in [1.54, 1.807) is 0 Å². The molecule has 2 heterocycles. The van der Waals surface area contributed by atoms with Crippen LogP contribution in [0.1, 0.15) is 33.6 Å². The Morgan fingerprint density at radius 1 is 1.26 bits per heavy atom. The molecule has 0 bridgehead atoms. The average molecular weight is 270 g/mol. The lowest BCUT2D eigenvalue weighted by Gasteiger charge is -2.33. The molecule has 1 amide bonds. The van der Waals surface area contributed by atoms with Crippen molar-refractivity contribution in [2.45, 2.75) is 45.3 Å². The lowest BCUT2D eigenvalue weighted by molar-refractivity contribution is 0.00797. The van der Waals surface area contributed by atoms with Gasteiger partial charge in [-0.3, -0.25) is 4.90 Å². The summed E-state index contributed by atoms with van der Waals surface area (Å²) in [4.78, 5) is 16.5. The van der Waals surface area contributed by atoms with Gasteiger partial charge in [-0.15, -0.1) is 0 Å². The lowest BCUT2D eigenvalue weighted by Crippen LogP contribution is -2.47. The molecule has 2 aliphatic heterocycles. The number of carbonyl (C=O) groups excluding carboxylic acids is 1. The zero-order valence-corrected chi connectivity index (χ0v) is 12.4. The number of rotatable bonds is 2. The summed E-state index contributed by atoms with van der Waals surface area (Å²) in [5.41, 5.74) is -0.414. The molecule has 0 aromatic carbocycles. The molecule has 2 aliphatic rings. The van der Waals surface area contributed by atoms with Crippen molar-refractivity contribution in [3.05, 3.63) is 0 Å². The van der Waals surface area contributed by atoms with E-state index >= 15 is 0 Å². The fraction of sp³-hybridized carbons (Fsp3) is 0.929. The van der Waals surface area contributed by atoms with Crippen LogP contribution in [0.2, 0.25) is 0 Å². The highest BCUT2D eigenvalue weighted by atomic mass is 16.6. The molecule has 0 radical (unpaired) electrons. The number of morpholine rings is 1. The maximum Gasteiger partial charge on any atom is 0.410 e. The molecular weight excluding hydrogens is 244 g/mol. The van der Waals surface area contributed by atoms with Gasteiger partial charge in [0.1, 0.15) is 5.60 Å². The van der Waals surface area contributed by atoms with Crippen LogP contribution in [-0.2, 0) is 9.47 Å². The molecule has 0 saturated carbocycles. The molecule has 2 rings (SSSR count). The van der Waals surface area contributed by atoms with E-state index in [1.165, 1.54) is 0 Å². The Bertz CT molecular complexity index is 308. The van der Waals surface area contributed by atoms with Gasteiger partial charge in [0.25, 0.3) is 0 Å². The smallest absolute Gasteiger partial charge is 0.410 e. The van der Waals surface area contributed by atoms with Crippen LogP contribution < -0.4 is 0 Å². The van der Waals surface area contributed by atoms with Gasteiger partial charge in [0, 0.05) is 32.2 Å². The molecule has 2 fully saturated rings. The standard InChI is InChI=1S/C14H26N2O3/c1-14(2,3)19-13(17)16-6-4-5-12(16)11-15-7-9-18-10-8-15/h12H,4-11H2,1-3H3/t12-/m0/s1. The molecule has 0 aromatic heterocycles. The van der Waals surface area contributed by atoms with E-state index in [9.17, 15) is 4.79 Å². The van der Waals surface area contributed by atoms with Gasteiger partial charge in [0.15, 0.2) is 0 Å². The lowest BCUT2D eigenvalue weighted by atomic mass is 10.2. The third-order valence-corrected chi connectivity index (χ3v) is 3.58. The Labute approximate surface area is 115 Å². The molecular formula is C14H26N2O3. The molecule has 19 heavy (non-hydrogen) atoms. The molecule has 1 atom stereocenters. The number of nitrogens with zero attached hydrogens (tertiary/aromatic N) is 2. The summed E-state index contributed by atoms with van der Waals surface area (Å²) in [5, 5.41) is 0. The van der Waals surface area contributed by atoms with Gasteiger partial charge in [-0.05, 0) is 33.6 Å². The van der Waals surface area contributed by atoms with Crippen molar-refractivity contribution in [2.24, 2.45) is 0 Å². The first-order chi connectivity index (χ1) is 8.96. The Kier molecular flexibility index (Phi) is 4.68. The summed E-state index contributed by atoms with van der Waals surface area (Å²) in [6.07, 6.45) is 1.99. The van der Waals surface area contributed by atoms with E-state index in [4.69, 9.17) is 9.47 Å². The molecule has 0 aliphatic carbocycles. The summed E-state index contributed by atoms with van der Waals surface area (Å²) >= 11 is 0. The predicted molar refractivity (Wildman–Crippen MR) is 73.2 cm³/mol. The van der Waals surface area contributed by atoms with Crippen molar-refractivity contribution < 1.29 is 14.3 Å². The zero-order chi connectivity index (χ0) is 13.9. The van der Waals surface area contributed by atoms with E-state index in [-0.39, 0.29) is 6.09 Å². The minimum absolute atomic E-state index is 0.164. The molecule has 110 valence electrons. The van der Waals surface area contributed by atoms with Crippen molar-refractivity contribution in [1.29, 1.82) is 0 Å². The number of ether oxygens (including phenoxy) is 2. The van der Waals surface area contributed by atoms with Crippen LogP contribution in [0, 0.1) is 0 Å². The van der Waals surface area contributed by atoms with Gasteiger partial charge >= 0.3 is 6.09 Å². The predicted octanol–water partition coefficient (Wildman–Crippen LogP) is 1.72. The van der Waals surface area contributed by atoms with E-state index in [0.717, 1.165) is 52.2 Å². The highest BCUT2D eigenvalue weighted by molar-refractivity contribution is 5.69. The van der Waals surface area contributed by atoms with E-state index in [2.05, 4.69) is 4.90 Å². The van der Waals surface area contributed by atoms with Crippen LogP contribution in [0.25, 0.3) is 0 Å². The van der Waals surface area contributed by atoms with Crippen LogP contribution in [0.3, 0.4) is 0 Å². The molecule has 0 aromatic rings. The summed E-state index contributed by atoms with van der Waals surface area (Å²) in [5.74, 6) is 0. The van der Waals surface area contributed by atoms with E-state index in [0.29, 0.717) is 6.04 Å². The van der Waals surface area contributed by atoms with Gasteiger partial charge < -0.3 is 14.4 Å². The highest BCUT2D eigenvalue weighted by Crippen LogP contribution is 2.21. The number of carbonyl (C=O) groups is 1. The van der Waals surface area contributed by atoms with E-state index in [1.807, 2.05) is 25.7 Å². The summed E-state index contributed by atoms with van der Waals surface area (Å²) in [7, 11) is 0. The van der Waals surface area contributed by atoms with Crippen molar-refractivity contribution in [1.82, 2.24) is 9.80 Å². The second-order valence-electron chi connectivity index (χ2n) is 6.38. The first kappa shape index (κ1) is 14.6. The largest absolute Gasteiger partial charge is 0.444 e. The molecule has 0 unspecified atom stereocenters. The monoisotopic (exact) mass is 270 g/mol. The van der Waals surface area contributed by atoms with Crippen molar-refractivity contribution >= 4 is 6.09 Å². The minimum atomic E-state index is -0.414. The molecule has 5 heteroatoms. The number of hydrogen-bond acceptors (Lipinski definition) is 4. The SMILES string of the molecule is CC(C)(C)OC(=O)N1CCC[C@H]1CN1CCOCC1. The van der Waals surface area contributed by atoms with E-state index < -0.39 is 5.60 Å². The average Bonchev–Trinajstić information content (AvgIpc) is 2.76. The number of likely N-dealkylation sites (tertiary alicyclic amines) is 1. The third kappa shape index (κ3) is 4.35. The van der Waals surface area contributed by atoms with Gasteiger partial charge in [-0.2, -0.15) is 0 Å². The second-order valence-corrected chi connectivity index (χ2v) is 6.38. The maximum atomic E-state index is 12.2. The van der Waals surface area contributed by atoms with Crippen LogP contribution in [0.5, 0.6) is 0 Å². The summed E-state index contributed by atoms with van der Waals surface area (Å²) < 4.78 is 10.8. The minimum Gasteiger partial charge on any atom is -0.444 e.